The molecule has 5 rings (SSSR count). The van der Waals surface area contributed by atoms with E-state index >= 15 is 0 Å². The number of aromatic nitrogens is 5. The molecule has 12 heteroatoms. The van der Waals surface area contributed by atoms with Gasteiger partial charge in [-0.25, -0.2) is 14.4 Å². The number of amides is 1. The van der Waals surface area contributed by atoms with Gasteiger partial charge < -0.3 is 10.1 Å². The second kappa shape index (κ2) is 8.90. The number of hydrogen-bond donors (Lipinski definition) is 1. The van der Waals surface area contributed by atoms with Crippen molar-refractivity contribution in [3.63, 3.8) is 0 Å². The Labute approximate surface area is 201 Å². The van der Waals surface area contributed by atoms with E-state index < -0.39 is 0 Å². The van der Waals surface area contributed by atoms with Gasteiger partial charge in [0.25, 0.3) is 0 Å². The van der Waals surface area contributed by atoms with Crippen molar-refractivity contribution in [2.24, 2.45) is 0 Å². The summed E-state index contributed by atoms with van der Waals surface area (Å²) < 4.78 is 8.04. The predicted molar refractivity (Wildman–Crippen MR) is 131 cm³/mol. The second-order valence-electron chi connectivity index (χ2n) is 7.97. The van der Waals surface area contributed by atoms with Crippen LogP contribution in [0.1, 0.15) is 37.6 Å². The Kier molecular flexibility index (Phi) is 6.14. The molecule has 32 heavy (non-hydrogen) atoms. The van der Waals surface area contributed by atoms with Gasteiger partial charge in [0.05, 0.1) is 23.3 Å². The van der Waals surface area contributed by atoms with Crippen molar-refractivity contribution >= 4 is 73.1 Å². The van der Waals surface area contributed by atoms with Crippen molar-refractivity contribution in [2.75, 3.05) is 16.8 Å². The molecule has 0 saturated heterocycles. The zero-order valence-corrected chi connectivity index (χ0v) is 21.1. The molecule has 1 aliphatic rings. The number of carbonyl (C=O) groups is 1. The summed E-state index contributed by atoms with van der Waals surface area (Å²) in [5.41, 5.74) is 1.85. The molecular formula is C20H22N6O2S4. The summed E-state index contributed by atoms with van der Waals surface area (Å²) in [7, 11) is 0. The van der Waals surface area contributed by atoms with E-state index in [1.54, 1.807) is 29.3 Å². The quantitative estimate of drug-likeness (QED) is 0.280. The smallest absolute Gasteiger partial charge is 0.236 e. The summed E-state index contributed by atoms with van der Waals surface area (Å²) in [5.74, 6) is 1.05. The molecule has 5 heterocycles. The fourth-order valence-electron chi connectivity index (χ4n) is 3.54. The fourth-order valence-corrected chi connectivity index (χ4v) is 6.88. The Balaban J connectivity index is 1.53. The van der Waals surface area contributed by atoms with Crippen LogP contribution < -0.4 is 5.32 Å². The minimum Gasteiger partial charge on any atom is -0.370 e. The van der Waals surface area contributed by atoms with E-state index in [0.717, 1.165) is 39.6 Å². The number of nitrogens with one attached hydrogen (secondary N) is 1. The molecule has 0 spiro atoms. The van der Waals surface area contributed by atoms with Crippen molar-refractivity contribution in [2.45, 2.75) is 56.1 Å². The lowest BCUT2D eigenvalue weighted by molar-refractivity contribution is -0.113. The van der Waals surface area contributed by atoms with Crippen LogP contribution in [0.4, 0.5) is 5.13 Å². The van der Waals surface area contributed by atoms with Gasteiger partial charge >= 0.3 is 0 Å². The first-order chi connectivity index (χ1) is 15.4. The van der Waals surface area contributed by atoms with Crippen LogP contribution in [-0.2, 0) is 22.6 Å². The number of anilines is 1. The Hall–Kier alpha value is -1.73. The largest absolute Gasteiger partial charge is 0.370 e. The van der Waals surface area contributed by atoms with Gasteiger partial charge in [0.2, 0.25) is 5.91 Å². The number of thiazole rings is 1. The van der Waals surface area contributed by atoms with E-state index in [-0.39, 0.29) is 17.3 Å². The summed E-state index contributed by atoms with van der Waals surface area (Å²) in [6, 6.07) is 0. The Morgan fingerprint density at radius 3 is 2.97 bits per heavy atom. The molecule has 4 aromatic rings. The zero-order valence-electron chi connectivity index (χ0n) is 17.9. The van der Waals surface area contributed by atoms with Gasteiger partial charge in [-0.15, -0.1) is 32.9 Å². The van der Waals surface area contributed by atoms with Crippen molar-refractivity contribution in [1.82, 2.24) is 24.6 Å². The van der Waals surface area contributed by atoms with E-state index in [9.17, 15) is 4.79 Å². The lowest BCUT2D eigenvalue weighted by atomic mass is 9.94. The number of nitrogens with zero attached hydrogens (tertiary/aromatic N) is 5. The maximum absolute atomic E-state index is 12.4. The second-order valence-corrected chi connectivity index (χ2v) is 12.0. The Morgan fingerprint density at radius 2 is 2.19 bits per heavy atom. The van der Waals surface area contributed by atoms with Gasteiger partial charge in [-0.2, -0.15) is 0 Å². The first-order valence-corrected chi connectivity index (χ1v) is 13.9. The molecule has 0 atom stereocenters. The van der Waals surface area contributed by atoms with Gasteiger partial charge in [-0.1, -0.05) is 30.4 Å². The maximum atomic E-state index is 12.4. The molecule has 0 bridgehead atoms. The zero-order chi connectivity index (χ0) is 22.3. The number of carbonyl (C=O) groups excluding carboxylic acids is 1. The van der Waals surface area contributed by atoms with Crippen LogP contribution in [0.3, 0.4) is 0 Å². The number of rotatable bonds is 7. The monoisotopic (exact) mass is 506 g/mol. The number of hydrogen-bond acceptors (Lipinski definition) is 10. The van der Waals surface area contributed by atoms with E-state index in [1.165, 1.54) is 33.5 Å². The van der Waals surface area contributed by atoms with Crippen LogP contribution in [-0.4, -0.2) is 47.6 Å². The molecule has 168 valence electrons. The van der Waals surface area contributed by atoms with Crippen LogP contribution >= 0.6 is 46.2 Å². The molecule has 0 saturated carbocycles. The number of thioether (sulfide) groups is 2. The Morgan fingerprint density at radius 1 is 1.31 bits per heavy atom. The molecule has 0 fully saturated rings. The highest BCUT2D eigenvalue weighted by Gasteiger charge is 2.31. The molecule has 1 N–H and O–H groups in total. The standard InChI is InChI=1S/C20H22N6O2S4/c1-4-6-30-18-23-16-14(11-8-20(2,3)28-9-12(11)32-16)15-24-25-19(26(15)18)31-10-13(27)22-17-21-5-7-29-17/h5,7H,4,6,8-10H2,1-3H3,(H,21,22,27). The van der Waals surface area contributed by atoms with Gasteiger partial charge in [0.1, 0.15) is 4.83 Å². The Bertz CT molecular complexity index is 1280. The highest BCUT2D eigenvalue weighted by atomic mass is 32.2. The number of ether oxygens (including phenoxy) is 1. The molecule has 0 aromatic carbocycles. The molecule has 4 aromatic heterocycles. The third-order valence-corrected chi connectivity index (χ3v) is 8.82. The van der Waals surface area contributed by atoms with E-state index in [0.29, 0.717) is 16.9 Å². The van der Waals surface area contributed by atoms with Gasteiger partial charge in [-0.3, -0.25) is 4.79 Å². The van der Waals surface area contributed by atoms with Crippen LogP contribution in [0, 0.1) is 0 Å². The first kappa shape index (κ1) is 22.1. The van der Waals surface area contributed by atoms with Crippen molar-refractivity contribution in [3.05, 3.63) is 22.0 Å². The average molecular weight is 507 g/mol. The van der Waals surface area contributed by atoms with E-state index in [2.05, 4.69) is 41.3 Å². The lowest BCUT2D eigenvalue weighted by Crippen LogP contribution is -2.31. The molecule has 0 aliphatic carbocycles. The first-order valence-electron chi connectivity index (χ1n) is 10.2. The van der Waals surface area contributed by atoms with Crippen molar-refractivity contribution in [1.29, 1.82) is 0 Å². The van der Waals surface area contributed by atoms with E-state index in [4.69, 9.17) is 9.72 Å². The van der Waals surface area contributed by atoms with Gasteiger partial charge in [0, 0.05) is 28.6 Å². The minimum atomic E-state index is -0.223. The third kappa shape index (κ3) is 4.26. The summed E-state index contributed by atoms with van der Waals surface area (Å²) in [4.78, 5) is 23.7. The summed E-state index contributed by atoms with van der Waals surface area (Å²) >= 11 is 6.14. The maximum Gasteiger partial charge on any atom is 0.236 e. The van der Waals surface area contributed by atoms with Crippen molar-refractivity contribution in [3.8, 4) is 0 Å². The van der Waals surface area contributed by atoms with Crippen LogP contribution in [0.5, 0.6) is 0 Å². The molecule has 8 nitrogen and oxygen atoms in total. The summed E-state index contributed by atoms with van der Waals surface area (Å²) in [6.07, 6.45) is 3.52. The minimum absolute atomic E-state index is 0.120. The summed E-state index contributed by atoms with van der Waals surface area (Å²) in [5, 5.41) is 16.9. The molecule has 1 amide bonds. The van der Waals surface area contributed by atoms with Crippen LogP contribution in [0.2, 0.25) is 0 Å². The van der Waals surface area contributed by atoms with Crippen LogP contribution in [0.25, 0.3) is 15.9 Å². The molecule has 1 aliphatic heterocycles. The molecule has 0 unspecified atom stereocenters. The number of fused-ring (bicyclic) bond motifs is 5. The number of thiophene rings is 1. The predicted octanol–water partition coefficient (Wildman–Crippen LogP) is 4.88. The molecule has 0 radical (unpaired) electrons. The average Bonchev–Trinajstić information content (AvgIpc) is 3.48. The van der Waals surface area contributed by atoms with Crippen LogP contribution in [0.15, 0.2) is 21.9 Å². The van der Waals surface area contributed by atoms with Crippen molar-refractivity contribution < 1.29 is 9.53 Å². The fraction of sp³-hybridized carbons (Fsp3) is 0.450. The van der Waals surface area contributed by atoms with E-state index in [1.807, 2.05) is 9.78 Å². The summed E-state index contributed by atoms with van der Waals surface area (Å²) in [6.45, 7) is 6.97. The SMILES string of the molecule is CCCSc1nc2sc3c(c2c2nnc(SCC(=O)Nc4nccs4)n12)CC(C)(C)OC3. The van der Waals surface area contributed by atoms with Gasteiger partial charge in [-0.05, 0) is 25.8 Å². The molecular weight excluding hydrogens is 485 g/mol. The normalized spacial score (nSPS) is 15.3. The highest BCUT2D eigenvalue weighted by molar-refractivity contribution is 8.00. The van der Waals surface area contributed by atoms with Gasteiger partial charge in [0.15, 0.2) is 21.1 Å². The topological polar surface area (TPSA) is 94.3 Å². The highest BCUT2D eigenvalue weighted by Crippen LogP contribution is 2.41. The lowest BCUT2D eigenvalue weighted by Gasteiger charge is -2.30. The third-order valence-electron chi connectivity index (χ3n) is 4.96.